The lowest BCUT2D eigenvalue weighted by Gasteiger charge is -2.50. The van der Waals surface area contributed by atoms with Crippen LogP contribution in [0.5, 0.6) is 0 Å². The van der Waals surface area contributed by atoms with E-state index in [1.165, 1.54) is 12.1 Å². The number of nitrogens with zero attached hydrogens (tertiary/aromatic N) is 2. The van der Waals surface area contributed by atoms with Gasteiger partial charge in [0.1, 0.15) is 5.82 Å². The molecule has 0 N–H and O–H groups in total. The number of benzene rings is 1. The molecule has 0 unspecified atom stereocenters. The first-order valence-corrected chi connectivity index (χ1v) is 7.39. The maximum atomic E-state index is 13.5. The largest absolute Gasteiger partial charge is 0.253 e. The maximum absolute atomic E-state index is 13.5. The highest BCUT2D eigenvalue weighted by Gasteiger charge is 2.49. The Bertz CT molecular complexity index is 649. The summed E-state index contributed by atoms with van der Waals surface area (Å²) in [5.74, 6) is -0.276. The summed E-state index contributed by atoms with van der Waals surface area (Å²) >= 11 is 0. The molecule has 0 saturated heterocycles. The van der Waals surface area contributed by atoms with Gasteiger partial charge in [-0.1, -0.05) is 48.5 Å². The van der Waals surface area contributed by atoms with Gasteiger partial charge in [0.2, 0.25) is 0 Å². The number of hydrogen-bond acceptors (Lipinski definition) is 2. The van der Waals surface area contributed by atoms with Crippen molar-refractivity contribution in [2.45, 2.75) is 53.9 Å². The molecule has 0 spiro atoms. The van der Waals surface area contributed by atoms with Gasteiger partial charge in [0.05, 0.1) is 16.7 Å². The highest BCUT2D eigenvalue weighted by molar-refractivity contribution is 5.74. The van der Waals surface area contributed by atoms with E-state index in [0.29, 0.717) is 5.52 Å². The summed E-state index contributed by atoms with van der Waals surface area (Å²) in [6.45, 7) is 15.5. The van der Waals surface area contributed by atoms with Crippen molar-refractivity contribution in [3.8, 4) is 0 Å². The third-order valence-electron chi connectivity index (χ3n) is 5.02. The zero-order valence-corrected chi connectivity index (χ0v) is 14.1. The van der Waals surface area contributed by atoms with Crippen molar-refractivity contribution in [1.82, 2.24) is 9.97 Å². The topological polar surface area (TPSA) is 25.8 Å². The Kier molecular flexibility index (Phi) is 3.59. The summed E-state index contributed by atoms with van der Waals surface area (Å²) in [7, 11) is 0. The van der Waals surface area contributed by atoms with Crippen LogP contribution in [0.15, 0.2) is 24.4 Å². The van der Waals surface area contributed by atoms with Crippen LogP contribution in [0.1, 0.15) is 54.2 Å². The molecule has 0 aliphatic heterocycles. The summed E-state index contributed by atoms with van der Waals surface area (Å²) in [6.07, 6.45) is 1.84. The molecule has 0 amide bonds. The fraction of sp³-hybridized carbons (Fsp3) is 0.556. The third-order valence-corrected chi connectivity index (χ3v) is 5.02. The molecule has 0 fully saturated rings. The van der Waals surface area contributed by atoms with Crippen LogP contribution < -0.4 is 0 Å². The molecule has 114 valence electrons. The molecule has 0 bridgehead atoms. The lowest BCUT2D eigenvalue weighted by Crippen LogP contribution is -2.48. The fourth-order valence-corrected chi connectivity index (χ4v) is 3.12. The lowest BCUT2D eigenvalue weighted by atomic mass is 9.54. The summed E-state index contributed by atoms with van der Waals surface area (Å²) in [6, 6.07) is 4.55. The van der Waals surface area contributed by atoms with Gasteiger partial charge in [-0.2, -0.15) is 0 Å². The molecule has 0 radical (unpaired) electrons. The van der Waals surface area contributed by atoms with Crippen LogP contribution in [-0.2, 0) is 5.41 Å². The monoisotopic (exact) mass is 288 g/mol. The van der Waals surface area contributed by atoms with E-state index in [0.717, 1.165) is 11.2 Å². The highest BCUT2D eigenvalue weighted by Crippen LogP contribution is 2.52. The molecule has 2 aromatic rings. The van der Waals surface area contributed by atoms with Crippen LogP contribution in [0, 0.1) is 16.6 Å². The Morgan fingerprint density at radius 2 is 1.43 bits per heavy atom. The predicted octanol–water partition coefficient (Wildman–Crippen LogP) is 5.12. The summed E-state index contributed by atoms with van der Waals surface area (Å²) in [5, 5.41) is 0. The quantitative estimate of drug-likeness (QED) is 0.728. The molecule has 0 aliphatic carbocycles. The van der Waals surface area contributed by atoms with Crippen molar-refractivity contribution in [2.75, 3.05) is 0 Å². The van der Waals surface area contributed by atoms with Crippen molar-refractivity contribution < 1.29 is 4.39 Å². The smallest absolute Gasteiger partial charge is 0.125 e. The van der Waals surface area contributed by atoms with E-state index in [-0.39, 0.29) is 22.1 Å². The van der Waals surface area contributed by atoms with E-state index in [2.05, 4.69) is 53.5 Å². The first-order chi connectivity index (χ1) is 9.47. The van der Waals surface area contributed by atoms with Crippen molar-refractivity contribution >= 4 is 11.0 Å². The molecule has 1 aromatic carbocycles. The van der Waals surface area contributed by atoms with Gasteiger partial charge in [-0.3, -0.25) is 4.98 Å². The minimum Gasteiger partial charge on any atom is -0.253 e. The second-order valence-corrected chi connectivity index (χ2v) is 8.01. The Hall–Kier alpha value is -1.51. The summed E-state index contributed by atoms with van der Waals surface area (Å²) in [5.41, 5.74) is 2.08. The fourth-order valence-electron chi connectivity index (χ4n) is 3.12. The zero-order valence-electron chi connectivity index (χ0n) is 14.1. The van der Waals surface area contributed by atoms with E-state index in [4.69, 9.17) is 4.98 Å². The molecule has 0 atom stereocenters. The van der Waals surface area contributed by atoms with Gasteiger partial charge in [-0.05, 0) is 23.0 Å². The standard InChI is InChI=1S/C18H25FN2/c1-16(2,3)18(7,17(4,5)6)15-11-20-13-9-8-12(19)10-14(13)21-15/h8-11H,1-7H3. The van der Waals surface area contributed by atoms with Gasteiger partial charge >= 0.3 is 0 Å². The van der Waals surface area contributed by atoms with E-state index in [9.17, 15) is 4.39 Å². The minimum absolute atomic E-state index is 0.000924. The van der Waals surface area contributed by atoms with Crippen LogP contribution in [0.4, 0.5) is 4.39 Å². The van der Waals surface area contributed by atoms with Gasteiger partial charge in [-0.25, -0.2) is 9.37 Å². The Morgan fingerprint density at radius 1 is 0.857 bits per heavy atom. The number of hydrogen-bond donors (Lipinski definition) is 0. The number of fused-ring (bicyclic) bond motifs is 1. The van der Waals surface area contributed by atoms with Gasteiger partial charge in [0.25, 0.3) is 0 Å². The molecule has 1 aromatic heterocycles. The van der Waals surface area contributed by atoms with Crippen LogP contribution in [-0.4, -0.2) is 9.97 Å². The van der Waals surface area contributed by atoms with Crippen LogP contribution in [0.2, 0.25) is 0 Å². The van der Waals surface area contributed by atoms with Crippen molar-refractivity contribution in [1.29, 1.82) is 0 Å². The number of aromatic nitrogens is 2. The van der Waals surface area contributed by atoms with Crippen molar-refractivity contribution in [3.05, 3.63) is 35.9 Å². The van der Waals surface area contributed by atoms with Crippen molar-refractivity contribution in [3.63, 3.8) is 0 Å². The lowest BCUT2D eigenvalue weighted by molar-refractivity contribution is 0.0652. The summed E-state index contributed by atoms with van der Waals surface area (Å²) < 4.78 is 13.5. The Labute approximate surface area is 126 Å². The normalized spacial score (nSPS) is 13.7. The van der Waals surface area contributed by atoms with Crippen LogP contribution >= 0.6 is 0 Å². The van der Waals surface area contributed by atoms with Gasteiger partial charge in [-0.15, -0.1) is 0 Å². The Morgan fingerprint density at radius 3 is 1.95 bits per heavy atom. The van der Waals surface area contributed by atoms with E-state index in [1.54, 1.807) is 6.07 Å². The second kappa shape index (κ2) is 4.75. The molecule has 0 aliphatic rings. The number of halogens is 1. The minimum atomic E-state index is -0.276. The SMILES string of the molecule is CC(C)(C)C(C)(c1cnc2ccc(F)cc2n1)C(C)(C)C. The predicted molar refractivity (Wildman–Crippen MR) is 85.8 cm³/mol. The number of rotatable bonds is 1. The van der Waals surface area contributed by atoms with Gasteiger partial charge in [0, 0.05) is 17.7 Å². The molecule has 3 heteroatoms. The first-order valence-electron chi connectivity index (χ1n) is 7.39. The maximum Gasteiger partial charge on any atom is 0.125 e. The van der Waals surface area contributed by atoms with Gasteiger partial charge < -0.3 is 0 Å². The molecule has 2 nitrogen and oxygen atoms in total. The summed E-state index contributed by atoms with van der Waals surface area (Å²) in [4.78, 5) is 9.22. The second-order valence-electron chi connectivity index (χ2n) is 8.01. The first kappa shape index (κ1) is 15.9. The van der Waals surface area contributed by atoms with Crippen LogP contribution in [0.3, 0.4) is 0 Å². The molecule has 1 heterocycles. The molecule has 0 saturated carbocycles. The molecular formula is C18H25FN2. The Balaban J connectivity index is 2.72. The van der Waals surface area contributed by atoms with Crippen molar-refractivity contribution in [2.24, 2.45) is 10.8 Å². The van der Waals surface area contributed by atoms with Gasteiger partial charge in [0.15, 0.2) is 0 Å². The highest BCUT2D eigenvalue weighted by atomic mass is 19.1. The average molecular weight is 288 g/mol. The third kappa shape index (κ3) is 2.54. The molecule has 21 heavy (non-hydrogen) atoms. The zero-order chi connectivity index (χ0) is 16.1. The van der Waals surface area contributed by atoms with E-state index < -0.39 is 0 Å². The average Bonchev–Trinajstić information content (AvgIpc) is 2.34. The van der Waals surface area contributed by atoms with E-state index >= 15 is 0 Å². The van der Waals surface area contributed by atoms with E-state index in [1.807, 2.05) is 6.20 Å². The molecular weight excluding hydrogens is 263 g/mol. The molecule has 2 rings (SSSR count). The van der Waals surface area contributed by atoms with Crippen LogP contribution in [0.25, 0.3) is 11.0 Å².